The highest BCUT2D eigenvalue weighted by atomic mass is 16.6. The van der Waals surface area contributed by atoms with Crippen LogP contribution in [0.1, 0.15) is 61.8 Å². The molecule has 0 aromatic carbocycles. The van der Waals surface area contributed by atoms with Crippen LogP contribution in [0.4, 0.5) is 0 Å². The van der Waals surface area contributed by atoms with Gasteiger partial charge in [-0.25, -0.2) is 0 Å². The van der Waals surface area contributed by atoms with Crippen LogP contribution in [0.5, 0.6) is 0 Å². The third-order valence-corrected chi connectivity index (χ3v) is 10.5. The van der Waals surface area contributed by atoms with E-state index in [-0.39, 0.29) is 23.0 Å². The molecular formula is C31H44O8. The molecule has 39 heavy (non-hydrogen) atoms. The smallest absolute Gasteiger partial charge is 0.309 e. The van der Waals surface area contributed by atoms with E-state index in [4.69, 9.17) is 9.47 Å². The van der Waals surface area contributed by atoms with Gasteiger partial charge in [-0.3, -0.25) is 9.59 Å². The zero-order chi connectivity index (χ0) is 29.5. The number of allylic oxidation sites excluding steroid dienone is 2. The maximum atomic E-state index is 13.3. The van der Waals surface area contributed by atoms with Gasteiger partial charge in [0.05, 0.1) is 18.1 Å². The molecule has 4 aliphatic rings. The number of esters is 1. The Balaban J connectivity index is 1.98. The van der Waals surface area contributed by atoms with Crippen LogP contribution in [-0.4, -0.2) is 67.8 Å². The SMILES string of the molecule is C=C(O[C@@H]1[C@@H](C)[C@@]2(O)C(C=C(CO)[C@@H](O)[C@]3(O)C(=O)C(C)=C[C@H]32)[C@@H]2C(C)(C)[C@]12OC(=O)[C@@H](C)CC)/C(C)=C/C. The third-order valence-electron chi connectivity index (χ3n) is 10.5. The molecule has 0 aromatic rings. The molecule has 4 rings (SSSR count). The van der Waals surface area contributed by atoms with Crippen molar-refractivity contribution in [3.8, 4) is 0 Å². The molecule has 10 atom stereocenters. The molecular weight excluding hydrogens is 500 g/mol. The van der Waals surface area contributed by atoms with E-state index in [2.05, 4.69) is 6.58 Å². The van der Waals surface area contributed by atoms with Gasteiger partial charge in [-0.15, -0.1) is 0 Å². The molecule has 0 amide bonds. The second-order valence-corrected chi connectivity index (χ2v) is 12.6. The molecule has 1 unspecified atom stereocenters. The minimum absolute atomic E-state index is 0.0467. The van der Waals surface area contributed by atoms with Crippen molar-refractivity contribution in [3.63, 3.8) is 0 Å². The van der Waals surface area contributed by atoms with Gasteiger partial charge in [0.25, 0.3) is 0 Å². The van der Waals surface area contributed by atoms with Crippen LogP contribution in [0, 0.1) is 35.0 Å². The van der Waals surface area contributed by atoms with E-state index in [1.807, 2.05) is 40.7 Å². The highest BCUT2D eigenvalue weighted by Crippen LogP contribution is 2.77. The Labute approximate surface area is 231 Å². The molecule has 8 nitrogen and oxygen atoms in total. The molecule has 2 saturated carbocycles. The van der Waals surface area contributed by atoms with Crippen LogP contribution in [-0.2, 0) is 19.1 Å². The number of aliphatic hydroxyl groups excluding tert-OH is 2. The quantitative estimate of drug-likeness (QED) is 0.166. The average Bonchev–Trinajstić information content (AvgIpc) is 3.30. The minimum Gasteiger partial charge on any atom is -0.486 e. The topological polar surface area (TPSA) is 134 Å². The summed E-state index contributed by atoms with van der Waals surface area (Å²) in [5, 5.41) is 46.2. The van der Waals surface area contributed by atoms with Crippen LogP contribution in [0.2, 0.25) is 0 Å². The van der Waals surface area contributed by atoms with E-state index in [0.717, 1.165) is 5.57 Å². The van der Waals surface area contributed by atoms with Gasteiger partial charge in [-0.05, 0) is 43.9 Å². The largest absolute Gasteiger partial charge is 0.486 e. The second kappa shape index (κ2) is 9.40. The number of carbonyl (C=O) groups excluding carboxylic acids is 2. The third kappa shape index (κ3) is 3.64. The molecule has 216 valence electrons. The van der Waals surface area contributed by atoms with E-state index in [1.54, 1.807) is 26.8 Å². The van der Waals surface area contributed by atoms with Crippen LogP contribution < -0.4 is 0 Å². The van der Waals surface area contributed by atoms with Gasteiger partial charge in [0.1, 0.15) is 18.0 Å². The fourth-order valence-corrected chi connectivity index (χ4v) is 7.68. The first-order valence-electron chi connectivity index (χ1n) is 13.9. The van der Waals surface area contributed by atoms with E-state index >= 15 is 0 Å². The number of Topliss-reactive ketones (excluding diaryl/α,β-unsaturated/α-hetero) is 1. The lowest BCUT2D eigenvalue weighted by Gasteiger charge is -2.53. The monoisotopic (exact) mass is 544 g/mol. The fourth-order valence-electron chi connectivity index (χ4n) is 7.68. The van der Waals surface area contributed by atoms with Crippen molar-refractivity contribution in [1.29, 1.82) is 0 Å². The van der Waals surface area contributed by atoms with Crippen LogP contribution in [0.3, 0.4) is 0 Å². The molecule has 0 radical (unpaired) electrons. The molecule has 0 spiro atoms. The predicted octanol–water partition coefficient (Wildman–Crippen LogP) is 3.00. The van der Waals surface area contributed by atoms with Gasteiger partial charge in [0.2, 0.25) is 0 Å². The first-order valence-corrected chi connectivity index (χ1v) is 13.9. The Hall–Kier alpha value is -2.26. The second-order valence-electron chi connectivity index (χ2n) is 12.6. The summed E-state index contributed by atoms with van der Waals surface area (Å²) >= 11 is 0. The molecule has 0 bridgehead atoms. The van der Waals surface area contributed by atoms with Crippen LogP contribution >= 0.6 is 0 Å². The first kappa shape index (κ1) is 29.7. The van der Waals surface area contributed by atoms with E-state index in [9.17, 15) is 30.0 Å². The lowest BCUT2D eigenvalue weighted by molar-refractivity contribution is -0.229. The van der Waals surface area contributed by atoms with Gasteiger partial charge in [-0.1, -0.05) is 59.4 Å². The summed E-state index contributed by atoms with van der Waals surface area (Å²) in [4.78, 5) is 26.6. The molecule has 8 heteroatoms. The zero-order valence-corrected chi connectivity index (χ0v) is 24.3. The number of carbonyl (C=O) groups is 2. The molecule has 2 fully saturated rings. The van der Waals surface area contributed by atoms with Gasteiger partial charge in [-0.2, -0.15) is 0 Å². The van der Waals surface area contributed by atoms with Gasteiger partial charge in [0.15, 0.2) is 17.0 Å². The van der Waals surface area contributed by atoms with Crippen molar-refractivity contribution in [2.45, 2.75) is 90.8 Å². The average molecular weight is 545 g/mol. The normalized spacial score (nSPS) is 43.2. The summed E-state index contributed by atoms with van der Waals surface area (Å²) in [7, 11) is 0. The summed E-state index contributed by atoms with van der Waals surface area (Å²) in [5.74, 6) is -4.37. The number of ether oxygens (including phenoxy) is 2. The Morgan fingerprint density at radius 3 is 2.41 bits per heavy atom. The molecule has 4 N–H and O–H groups in total. The highest BCUT2D eigenvalue weighted by molar-refractivity contribution is 6.05. The van der Waals surface area contributed by atoms with Crippen molar-refractivity contribution < 1.29 is 39.5 Å². The molecule has 0 saturated heterocycles. The van der Waals surface area contributed by atoms with Crippen LogP contribution in [0.25, 0.3) is 0 Å². The summed E-state index contributed by atoms with van der Waals surface area (Å²) < 4.78 is 12.9. The van der Waals surface area contributed by atoms with Gasteiger partial charge < -0.3 is 29.9 Å². The lowest BCUT2D eigenvalue weighted by Crippen LogP contribution is -2.67. The van der Waals surface area contributed by atoms with Crippen LogP contribution in [0.15, 0.2) is 47.3 Å². The number of rotatable bonds is 7. The van der Waals surface area contributed by atoms with Crippen molar-refractivity contribution in [1.82, 2.24) is 0 Å². The predicted molar refractivity (Wildman–Crippen MR) is 145 cm³/mol. The van der Waals surface area contributed by atoms with E-state index in [0.29, 0.717) is 12.2 Å². The number of hydrogen-bond acceptors (Lipinski definition) is 8. The zero-order valence-electron chi connectivity index (χ0n) is 24.3. The lowest BCUT2D eigenvalue weighted by atomic mass is 9.58. The Kier molecular flexibility index (Phi) is 7.16. The maximum Gasteiger partial charge on any atom is 0.309 e. The summed E-state index contributed by atoms with van der Waals surface area (Å²) in [6.45, 7) is 18.1. The summed E-state index contributed by atoms with van der Waals surface area (Å²) in [5.41, 5.74) is -5.01. The van der Waals surface area contributed by atoms with Gasteiger partial charge in [0, 0.05) is 29.1 Å². The van der Waals surface area contributed by atoms with Gasteiger partial charge >= 0.3 is 5.97 Å². The first-order chi connectivity index (χ1) is 18.0. The summed E-state index contributed by atoms with van der Waals surface area (Å²) in [6, 6.07) is 0. The number of aliphatic hydroxyl groups is 4. The molecule has 0 aliphatic heterocycles. The van der Waals surface area contributed by atoms with Crippen molar-refractivity contribution >= 4 is 11.8 Å². The standard InChI is InChI=1S/C31H44O8/c1-10-15(3)19(7)38-26-18(6)29(36)21(23-28(8,9)31(23,26)39-27(35)16(4)11-2)13-20(14-32)25(34)30(37)22(29)12-17(5)24(30)33/h10,12-13,16,18,21-23,25-26,32,34,36-37H,7,11,14H2,1-6,8-9H3/b15-10+/t16-,18+,21?,22-,23+,25+,26+,29+,30+,31+/m0/s1. The van der Waals surface area contributed by atoms with Crippen molar-refractivity contribution in [2.75, 3.05) is 6.61 Å². The Bertz CT molecular complexity index is 1180. The number of fused-ring (bicyclic) bond motifs is 5. The summed E-state index contributed by atoms with van der Waals surface area (Å²) in [6.07, 6.45) is 2.93. The highest BCUT2D eigenvalue weighted by Gasteiger charge is 2.88. The molecule has 4 aliphatic carbocycles. The number of ketones is 1. The minimum atomic E-state index is -2.37. The number of hydrogen-bond donors (Lipinski definition) is 4. The fraction of sp³-hybridized carbons (Fsp3) is 0.677. The molecule has 0 aromatic heterocycles. The maximum absolute atomic E-state index is 13.3. The van der Waals surface area contributed by atoms with E-state index in [1.165, 1.54) is 6.08 Å². The van der Waals surface area contributed by atoms with E-state index < -0.39 is 70.5 Å². The molecule has 0 heterocycles. The Morgan fingerprint density at radius 1 is 1.26 bits per heavy atom. The Morgan fingerprint density at radius 2 is 1.87 bits per heavy atom. The van der Waals surface area contributed by atoms with Crippen molar-refractivity contribution in [2.24, 2.45) is 35.0 Å². The van der Waals surface area contributed by atoms with Crippen molar-refractivity contribution in [3.05, 3.63) is 47.3 Å².